The number of alkyl halides is 2. The molecule has 0 aromatic heterocycles. The van der Waals surface area contributed by atoms with Crippen molar-refractivity contribution < 1.29 is 57.8 Å². The van der Waals surface area contributed by atoms with Gasteiger partial charge in [0.15, 0.2) is 0 Å². The Morgan fingerprint density at radius 2 is 0.857 bits per heavy atom. The van der Waals surface area contributed by atoms with E-state index in [0.717, 1.165) is 12.1 Å². The summed E-state index contributed by atoms with van der Waals surface area (Å²) >= 11 is 15.8. The summed E-state index contributed by atoms with van der Waals surface area (Å²) in [6.07, 6.45) is 0. The Bertz CT molecular complexity index is 2580. The van der Waals surface area contributed by atoms with Crippen LogP contribution in [0.5, 0.6) is 17.2 Å². The Balaban J connectivity index is 0. The molecule has 0 aliphatic carbocycles. The molecule has 4 nitrogen and oxygen atoms in total. The van der Waals surface area contributed by atoms with E-state index >= 15 is 0 Å². The second kappa shape index (κ2) is 21.5. The van der Waals surface area contributed by atoms with Crippen molar-refractivity contribution in [1.82, 2.24) is 0 Å². The molecule has 3 N–H and O–H groups in total. The maximum absolute atomic E-state index is 11.1. The molecule has 0 aliphatic heterocycles. The van der Waals surface area contributed by atoms with Gasteiger partial charge < -0.3 is 15.3 Å². The standard InChI is InChI=1S/C18H30O.C14H21BrO.C14H22O.CH2Cl2.BHNS/c1-16(2,3)12-10-13(17(4,5)6)15(19)14(11-12)18(7,8)9;1-13(2,3)9-7-10(14(4,5)6)12(16)11(15)8-9;1-13(2,3)10-7-8-12(15)11(9-10)14(4,5)6;2-1-3;1-2-3/h10-11,19H,1-9H3;7-8,16H,1-6H3;7-9,15H,1-6H3;1H2;3H/i4D3,5D3,6D3,7D3;4D3,5D3,6D3;4D3,5D3,6D3,8D;;. The van der Waals surface area contributed by atoms with Crippen LogP contribution in [0.15, 0.2) is 51.2 Å². The first-order valence-corrected chi connectivity index (χ1v) is 18.8. The average Bonchev–Trinajstić information content (AvgIpc) is 1.10. The van der Waals surface area contributed by atoms with Crippen LogP contribution >= 0.6 is 51.9 Å². The molecule has 0 unspecified atom stereocenters. The number of nitrogens with zero attached hydrogens (tertiary/aromatic N) is 1. The molecule has 3 aromatic carbocycles. The van der Waals surface area contributed by atoms with Crippen molar-refractivity contribution >= 4 is 59.6 Å². The van der Waals surface area contributed by atoms with Crippen molar-refractivity contribution in [3.63, 3.8) is 0 Å². The van der Waals surface area contributed by atoms with E-state index in [-0.39, 0.29) is 15.4 Å². The van der Waals surface area contributed by atoms with Gasteiger partial charge in [-0.25, -0.2) is 0 Å². The number of rotatable bonds is 0. The monoisotopic (exact) mass is 926 g/mol. The number of aromatic hydroxyl groups is 3. The van der Waals surface area contributed by atoms with E-state index in [9.17, 15) is 15.3 Å². The van der Waals surface area contributed by atoms with Crippen LogP contribution in [0.2, 0.25) is 0 Å². The zero-order valence-electron chi connectivity index (χ0n) is 64.6. The van der Waals surface area contributed by atoms with Crippen LogP contribution in [-0.2, 0) is 37.9 Å². The Hall–Kier alpha value is -1.67. The molecule has 0 atom stereocenters. The Morgan fingerprint density at radius 3 is 1.20 bits per heavy atom. The molecule has 0 heterocycles. The fourth-order valence-electron chi connectivity index (χ4n) is 4.36. The third-order valence-corrected chi connectivity index (χ3v) is 8.18. The Morgan fingerprint density at radius 1 is 0.571 bits per heavy atom. The maximum atomic E-state index is 11.1. The predicted octanol–water partition coefficient (Wildman–Crippen LogP) is 15.6. The van der Waals surface area contributed by atoms with Gasteiger partial charge in [0.1, 0.15) is 17.2 Å². The first-order valence-electron chi connectivity index (χ1n) is 32.1. The second-order valence-electron chi connectivity index (χ2n) is 16.3. The molecule has 0 aliphatic rings. The van der Waals surface area contributed by atoms with Crippen molar-refractivity contribution in [3.8, 4) is 17.2 Å². The zero-order valence-corrected chi connectivity index (χ0v) is 37.6. The molecule has 0 fully saturated rings. The fourth-order valence-corrected chi connectivity index (χ4v) is 4.82. The molecular weight excluding hydrogens is 820 g/mol. The normalized spacial score (nSPS) is 22.8. The molecule has 0 bridgehead atoms. The first kappa shape index (κ1) is 22.3. The number of hydrogen-bond donors (Lipinski definition) is 4. The van der Waals surface area contributed by atoms with Gasteiger partial charge in [-0.2, -0.15) is 0 Å². The number of phenols is 3. The van der Waals surface area contributed by atoms with Crippen LogP contribution in [-0.4, -0.2) is 28.3 Å². The van der Waals surface area contributed by atoms with Crippen LogP contribution in [0.1, 0.15) is 226 Å². The molecule has 3 rings (SSSR count). The van der Waals surface area contributed by atoms with Crippen LogP contribution in [0, 0.1) is 0 Å². The zero-order chi connectivity index (χ0) is 71.1. The van der Waals surface area contributed by atoms with Crippen LogP contribution < -0.4 is 0 Å². The van der Waals surface area contributed by atoms with E-state index in [4.69, 9.17) is 65.7 Å². The van der Waals surface area contributed by atoms with Gasteiger partial charge in [0.2, 0.25) is 0 Å². The number of halogens is 3. The summed E-state index contributed by atoms with van der Waals surface area (Å²) in [5.41, 5.74) is -15.0. The molecule has 1 radical (unpaired) electrons. The average molecular weight is 928 g/mol. The van der Waals surface area contributed by atoms with Gasteiger partial charge in [0.25, 0.3) is 0 Å². The summed E-state index contributed by atoms with van der Waals surface area (Å²) in [7, 11) is 4.34. The predicted molar refractivity (Wildman–Crippen MR) is 257 cm³/mol. The van der Waals surface area contributed by atoms with E-state index in [1.165, 1.54) is 38.1 Å². The summed E-state index contributed by atoms with van der Waals surface area (Å²) in [6.45, 7) is -15.7. The molecule has 0 amide bonds. The molecular formula is C47H76BBrCl2NO3S. The second-order valence-corrected chi connectivity index (χ2v) is 18.2. The number of thiol groups is 1. The topological polar surface area (TPSA) is 73.0 Å². The SMILES string of the molecule is ClCCl.[2H]C([2H])([2H])C(C)(C)c1cc(C(C)(C)C)cc(C(C([2H])([2H])[2H])(C([2H])([2H])[2H])C([2H])([2H])[2H])c1O.[2H]C([2H])([2H])C(c1cc(C(C)(C)C)cc(Br)c1O)(C([2H])([2H])[2H])C([2H])([2H])[2H].[2H]c1cc(C(C)(C)C)cc(C(C([2H])([2H])[2H])(C([2H])([2H])[2H])C([2H])([2H])[2H])c1O.[B]=NS. The van der Waals surface area contributed by atoms with E-state index in [1.54, 1.807) is 62.3 Å². The minimum atomic E-state index is -3.58. The van der Waals surface area contributed by atoms with Gasteiger partial charge in [-0.1, -0.05) is 175 Å². The van der Waals surface area contributed by atoms with Crippen molar-refractivity contribution in [2.75, 3.05) is 5.34 Å². The number of phenolic OH excluding ortho intramolecular Hbond substituents is 3. The van der Waals surface area contributed by atoms with Gasteiger partial charge >= 0.3 is 24.8 Å². The summed E-state index contributed by atoms with van der Waals surface area (Å²) in [4.78, 5) is 0. The minimum absolute atomic E-state index is 0.0389. The van der Waals surface area contributed by atoms with Crippen molar-refractivity contribution in [3.05, 3.63) is 85.9 Å². The first-order chi connectivity index (χ1) is 37.6. The molecule has 317 valence electrons. The van der Waals surface area contributed by atoms with E-state index in [1.807, 2.05) is 0 Å². The molecule has 0 spiro atoms. The summed E-state index contributed by atoms with van der Waals surface area (Å²) in [5.74, 6) is -2.59. The van der Waals surface area contributed by atoms with E-state index < -0.39 is 146 Å². The van der Waals surface area contributed by atoms with Crippen LogP contribution in [0.3, 0.4) is 0 Å². The Kier molecular flexibility index (Phi) is 8.56. The molecule has 3 aromatic rings. The molecule has 9 heteroatoms. The van der Waals surface area contributed by atoms with Gasteiger partial charge in [0, 0.05) is 46.7 Å². The molecule has 0 saturated heterocycles. The third kappa shape index (κ3) is 18.9. The summed E-state index contributed by atoms with van der Waals surface area (Å²) in [6, 6.07) is 6.95. The van der Waals surface area contributed by atoms with Crippen molar-refractivity contribution in [2.24, 2.45) is 4.30 Å². The summed E-state index contributed by atoms with van der Waals surface area (Å²) < 4.78 is 245. The van der Waals surface area contributed by atoms with Crippen molar-refractivity contribution in [1.29, 1.82) is 0 Å². The van der Waals surface area contributed by atoms with Gasteiger partial charge in [-0.15, -0.1) is 23.2 Å². The van der Waals surface area contributed by atoms with E-state index in [0.29, 0.717) is 16.7 Å². The van der Waals surface area contributed by atoms with Gasteiger partial charge in [-0.3, -0.25) is 0 Å². The van der Waals surface area contributed by atoms with Crippen LogP contribution in [0.25, 0.3) is 0 Å². The molecule has 56 heavy (non-hydrogen) atoms. The van der Waals surface area contributed by atoms with Crippen LogP contribution in [0.4, 0.5) is 0 Å². The Labute approximate surface area is 412 Å². The van der Waals surface area contributed by atoms with Crippen molar-refractivity contribution in [2.45, 2.75) is 183 Å². The quantitative estimate of drug-likeness (QED) is 0.103. The number of hydrogen-bond acceptors (Lipinski definition) is 5. The molecule has 0 saturated carbocycles. The summed E-state index contributed by atoms with van der Waals surface area (Å²) in [5, 5.41) is 32.0. The van der Waals surface area contributed by atoms with Gasteiger partial charge in [-0.05, 0) is 99.3 Å². The number of benzene rings is 3. The van der Waals surface area contributed by atoms with E-state index in [2.05, 4.69) is 40.7 Å². The van der Waals surface area contributed by atoms with Gasteiger partial charge in [0.05, 0.1) is 11.2 Å². The fraction of sp³-hybridized carbons (Fsp3) is 0.617. The third-order valence-electron chi connectivity index (χ3n) is 7.58.